The fourth-order valence-electron chi connectivity index (χ4n) is 9.06. The van der Waals surface area contributed by atoms with E-state index in [4.69, 9.17) is 28.4 Å². The molecule has 0 unspecified atom stereocenters. The Hall–Kier alpha value is -6.30. The summed E-state index contributed by atoms with van der Waals surface area (Å²) >= 11 is 0. The summed E-state index contributed by atoms with van der Waals surface area (Å²) in [7, 11) is 9.38. The number of amides is 2. The lowest BCUT2D eigenvalue weighted by atomic mass is 9.80. The van der Waals surface area contributed by atoms with Gasteiger partial charge in [-0.1, -0.05) is 36.4 Å². The van der Waals surface area contributed by atoms with Crippen LogP contribution in [0.3, 0.4) is 0 Å². The fourth-order valence-corrected chi connectivity index (χ4v) is 9.06. The highest BCUT2D eigenvalue weighted by atomic mass is 16.5. The summed E-state index contributed by atoms with van der Waals surface area (Å²) in [6.45, 7) is 0. The van der Waals surface area contributed by atoms with E-state index in [0.717, 1.165) is 55.4 Å². The van der Waals surface area contributed by atoms with Gasteiger partial charge in [-0.15, -0.1) is 0 Å². The van der Waals surface area contributed by atoms with E-state index in [1.54, 1.807) is 52.5 Å². The van der Waals surface area contributed by atoms with Gasteiger partial charge in [-0.25, -0.2) is 0 Å². The molecule has 0 aliphatic carbocycles. The van der Waals surface area contributed by atoms with Crippen LogP contribution in [0.5, 0.6) is 34.5 Å². The maximum atomic E-state index is 15.5. The Morgan fingerprint density at radius 3 is 1.20 bits per heavy atom. The highest BCUT2D eigenvalue weighted by Gasteiger charge is 2.56. The second-order valence-corrected chi connectivity index (χ2v) is 13.8. The molecule has 54 heavy (non-hydrogen) atoms. The van der Waals surface area contributed by atoms with E-state index in [1.807, 2.05) is 60.7 Å². The highest BCUT2D eigenvalue weighted by molar-refractivity contribution is 6.01. The number of hydrogen-bond acceptors (Lipinski definition) is 8. The lowest BCUT2D eigenvalue weighted by Crippen LogP contribution is -2.69. The van der Waals surface area contributed by atoms with Crippen molar-refractivity contribution in [1.29, 1.82) is 0 Å². The van der Waals surface area contributed by atoms with Gasteiger partial charge in [0.05, 0.1) is 54.7 Å². The molecule has 2 aromatic heterocycles. The number of benzene rings is 4. The Morgan fingerprint density at radius 2 is 0.870 bits per heavy atom. The van der Waals surface area contributed by atoms with Gasteiger partial charge in [-0.2, -0.15) is 0 Å². The van der Waals surface area contributed by atoms with E-state index < -0.39 is 24.2 Å². The monoisotopic (exact) mass is 728 g/mol. The Bertz CT molecular complexity index is 2260. The van der Waals surface area contributed by atoms with Crippen molar-refractivity contribution in [3.8, 4) is 34.5 Å². The molecule has 0 radical (unpaired) electrons. The first kappa shape index (κ1) is 33.5. The van der Waals surface area contributed by atoms with Crippen LogP contribution in [0, 0.1) is 0 Å². The molecule has 12 heteroatoms. The number of nitrogens with zero attached hydrogens (tertiary/aromatic N) is 2. The van der Waals surface area contributed by atoms with Gasteiger partial charge in [0.25, 0.3) is 0 Å². The van der Waals surface area contributed by atoms with E-state index in [1.165, 1.54) is 0 Å². The lowest BCUT2D eigenvalue weighted by molar-refractivity contribution is -0.167. The molecule has 6 aromatic rings. The van der Waals surface area contributed by atoms with Crippen molar-refractivity contribution in [1.82, 2.24) is 19.8 Å². The minimum Gasteiger partial charge on any atom is -0.493 e. The molecule has 0 spiro atoms. The minimum atomic E-state index is -0.819. The molecule has 12 nitrogen and oxygen atoms in total. The first-order chi connectivity index (χ1) is 26.3. The summed E-state index contributed by atoms with van der Waals surface area (Å²) in [6.07, 6.45) is 0.658. The standard InChI is InChI=1S/C42H40N4O8/c1-49-31-15-21(16-32(50-2)39(31)53-5)37-35-25(23-11-7-9-13-27(23)43-35)19-29-42(48)46-30(41(47)45(29)37)20-26-24-12-8-10-14-28(24)44-36(26)38(46)22-17-33(51-3)40(54-6)34(18-22)52-4/h7-18,29-30,37-38,43-44H,19-20H2,1-6H3/t29-,30-,37+,38+/m1/s1. The molecule has 9 rings (SSSR count). The average Bonchev–Trinajstić information content (AvgIpc) is 3.78. The number of para-hydroxylation sites is 2. The summed E-state index contributed by atoms with van der Waals surface area (Å²) < 4.78 is 34.5. The topological polar surface area (TPSA) is 128 Å². The maximum Gasteiger partial charge on any atom is 0.247 e. The normalized spacial score (nSPS) is 20.3. The van der Waals surface area contributed by atoms with Gasteiger partial charge in [0, 0.05) is 46.0 Å². The van der Waals surface area contributed by atoms with Crippen molar-refractivity contribution in [3.05, 3.63) is 106 Å². The number of piperazine rings is 1. The molecule has 276 valence electrons. The van der Waals surface area contributed by atoms with Crippen LogP contribution in [0.2, 0.25) is 0 Å². The van der Waals surface area contributed by atoms with Crippen LogP contribution in [0.15, 0.2) is 72.8 Å². The van der Waals surface area contributed by atoms with E-state index in [9.17, 15) is 0 Å². The minimum absolute atomic E-state index is 0.156. The Labute approximate surface area is 311 Å². The van der Waals surface area contributed by atoms with Crippen molar-refractivity contribution < 1.29 is 38.0 Å². The summed E-state index contributed by atoms with van der Waals surface area (Å²) in [5.74, 6) is 2.37. The summed E-state index contributed by atoms with van der Waals surface area (Å²) in [4.78, 5) is 41.9. The summed E-state index contributed by atoms with van der Waals surface area (Å²) in [5, 5.41) is 2.01. The third kappa shape index (κ3) is 4.68. The number of fused-ring (bicyclic) bond motifs is 8. The molecule has 4 atom stereocenters. The summed E-state index contributed by atoms with van der Waals surface area (Å²) in [6, 6.07) is 20.6. The van der Waals surface area contributed by atoms with Crippen molar-refractivity contribution in [2.24, 2.45) is 0 Å². The van der Waals surface area contributed by atoms with Gasteiger partial charge in [0.15, 0.2) is 23.0 Å². The van der Waals surface area contributed by atoms with Gasteiger partial charge in [-0.05, 0) is 58.7 Å². The zero-order valence-electron chi connectivity index (χ0n) is 30.8. The Morgan fingerprint density at radius 1 is 0.519 bits per heavy atom. The van der Waals surface area contributed by atoms with Gasteiger partial charge < -0.3 is 48.2 Å². The number of rotatable bonds is 8. The number of aromatic nitrogens is 2. The number of H-pyrrole nitrogens is 2. The largest absolute Gasteiger partial charge is 0.493 e. The predicted molar refractivity (Wildman–Crippen MR) is 201 cm³/mol. The SMILES string of the molecule is COc1cc([C@H]2c3[nH]c4ccccc4c3C[C@@H]3C(=O)N4[C@@H](c5cc(OC)c(OC)c(OC)c5)c5[nH]c6ccccc6c5C[C@@H]4C(=O)N23)cc(OC)c1OC. The first-order valence-electron chi connectivity index (χ1n) is 17.8. The molecule has 1 fully saturated rings. The van der Waals surface area contributed by atoms with Gasteiger partial charge in [0.2, 0.25) is 23.3 Å². The van der Waals surface area contributed by atoms with Gasteiger partial charge >= 0.3 is 0 Å². The number of ether oxygens (including phenoxy) is 6. The highest BCUT2D eigenvalue weighted by Crippen LogP contribution is 2.52. The van der Waals surface area contributed by atoms with Crippen molar-refractivity contribution in [2.75, 3.05) is 42.7 Å². The number of nitrogens with one attached hydrogen (secondary N) is 2. The van der Waals surface area contributed by atoms with Crippen LogP contribution in [-0.4, -0.2) is 86.3 Å². The zero-order chi connectivity index (χ0) is 37.4. The second kappa shape index (κ2) is 12.7. The number of methoxy groups -OCH3 is 6. The van der Waals surface area contributed by atoms with E-state index in [2.05, 4.69) is 22.1 Å². The molecule has 3 aliphatic heterocycles. The molecule has 2 amide bonds. The molecular formula is C42H40N4O8. The molecule has 2 N–H and O–H groups in total. The van der Waals surface area contributed by atoms with Crippen molar-refractivity contribution in [2.45, 2.75) is 37.0 Å². The molecule has 0 bridgehead atoms. The van der Waals surface area contributed by atoms with Crippen molar-refractivity contribution >= 4 is 33.6 Å². The van der Waals surface area contributed by atoms with E-state index in [-0.39, 0.29) is 11.8 Å². The Kier molecular flexibility index (Phi) is 7.87. The molecule has 0 saturated carbocycles. The van der Waals surface area contributed by atoms with E-state index >= 15 is 9.59 Å². The number of aromatic amines is 2. The molecule has 1 saturated heterocycles. The third-order valence-corrected chi connectivity index (χ3v) is 11.3. The predicted octanol–water partition coefficient (Wildman–Crippen LogP) is 6.10. The second-order valence-electron chi connectivity index (χ2n) is 13.8. The van der Waals surface area contributed by atoms with Gasteiger partial charge in [-0.3, -0.25) is 9.59 Å². The van der Waals surface area contributed by atoms with Crippen LogP contribution in [0.4, 0.5) is 0 Å². The maximum absolute atomic E-state index is 15.5. The number of hydrogen-bond donors (Lipinski definition) is 2. The Balaban J connectivity index is 1.28. The summed E-state index contributed by atoms with van der Waals surface area (Å²) in [5.41, 5.74) is 6.96. The smallest absolute Gasteiger partial charge is 0.247 e. The van der Waals surface area contributed by atoms with Gasteiger partial charge in [0.1, 0.15) is 12.1 Å². The fraction of sp³-hybridized carbons (Fsp3) is 0.286. The quantitative estimate of drug-likeness (QED) is 0.193. The molecule has 3 aliphatic rings. The number of carbonyl (C=O) groups is 2. The number of carbonyl (C=O) groups excluding carboxylic acids is 2. The molecule has 4 aromatic carbocycles. The molecular weight excluding hydrogens is 688 g/mol. The zero-order valence-corrected chi connectivity index (χ0v) is 30.8. The molecule has 5 heterocycles. The van der Waals surface area contributed by atoms with E-state index in [0.29, 0.717) is 47.3 Å². The van der Waals surface area contributed by atoms with Crippen LogP contribution in [-0.2, 0) is 22.4 Å². The van der Waals surface area contributed by atoms with Crippen LogP contribution in [0.25, 0.3) is 21.8 Å². The first-order valence-corrected chi connectivity index (χ1v) is 17.8. The lowest BCUT2D eigenvalue weighted by Gasteiger charge is -2.53. The van der Waals surface area contributed by atoms with Crippen LogP contribution < -0.4 is 28.4 Å². The van der Waals surface area contributed by atoms with Crippen LogP contribution >= 0.6 is 0 Å². The van der Waals surface area contributed by atoms with Crippen LogP contribution in [0.1, 0.15) is 45.7 Å². The average molecular weight is 729 g/mol. The third-order valence-electron chi connectivity index (χ3n) is 11.3. The van der Waals surface area contributed by atoms with Crippen molar-refractivity contribution in [3.63, 3.8) is 0 Å².